The summed E-state index contributed by atoms with van der Waals surface area (Å²) in [6, 6.07) is 17.7. The maximum Gasteiger partial charge on any atom is 0.153 e. The number of hydrogen-bond acceptors (Lipinski definition) is 3. The van der Waals surface area contributed by atoms with Gasteiger partial charge in [0, 0.05) is 41.8 Å². The summed E-state index contributed by atoms with van der Waals surface area (Å²) in [6.45, 7) is 4.59. The SMILES string of the molecule is CSc1c(C)n(Cc2cccc(F)c2)c2c(N3CCc4ccccc4C3)nccc12.Cl. The number of halogens is 2. The third-order valence-electron chi connectivity index (χ3n) is 6.02. The van der Waals surface area contributed by atoms with E-state index >= 15 is 0 Å². The van der Waals surface area contributed by atoms with E-state index in [1.54, 1.807) is 23.9 Å². The van der Waals surface area contributed by atoms with Gasteiger partial charge in [0.2, 0.25) is 0 Å². The molecule has 0 bridgehead atoms. The van der Waals surface area contributed by atoms with E-state index in [9.17, 15) is 4.39 Å². The van der Waals surface area contributed by atoms with Gasteiger partial charge in [-0.05, 0) is 54.5 Å². The Morgan fingerprint density at radius 3 is 2.65 bits per heavy atom. The van der Waals surface area contributed by atoms with Gasteiger partial charge in [0.15, 0.2) is 5.82 Å². The van der Waals surface area contributed by atoms with Crippen LogP contribution in [0.4, 0.5) is 10.2 Å². The molecule has 0 atom stereocenters. The van der Waals surface area contributed by atoms with Gasteiger partial charge in [0.25, 0.3) is 0 Å². The van der Waals surface area contributed by atoms with Crippen LogP contribution in [0.15, 0.2) is 65.7 Å². The fraction of sp³-hybridized carbons (Fsp3) is 0.240. The molecule has 0 spiro atoms. The van der Waals surface area contributed by atoms with Crippen molar-refractivity contribution >= 4 is 40.9 Å². The number of aromatic nitrogens is 2. The highest BCUT2D eigenvalue weighted by atomic mass is 35.5. The summed E-state index contributed by atoms with van der Waals surface area (Å²) in [6.07, 6.45) is 5.06. The molecule has 1 aliphatic heterocycles. The molecule has 1 aliphatic rings. The average molecular weight is 454 g/mol. The Morgan fingerprint density at radius 1 is 1.06 bits per heavy atom. The Balaban J connectivity index is 0.00000231. The summed E-state index contributed by atoms with van der Waals surface area (Å²) in [4.78, 5) is 8.49. The molecule has 0 saturated carbocycles. The first-order chi connectivity index (χ1) is 14.7. The molecule has 160 valence electrons. The van der Waals surface area contributed by atoms with Gasteiger partial charge in [-0.1, -0.05) is 36.4 Å². The predicted molar refractivity (Wildman–Crippen MR) is 130 cm³/mol. The minimum atomic E-state index is -0.197. The van der Waals surface area contributed by atoms with Crippen LogP contribution in [-0.4, -0.2) is 22.4 Å². The number of thioether (sulfide) groups is 1. The van der Waals surface area contributed by atoms with Crippen molar-refractivity contribution in [3.63, 3.8) is 0 Å². The Kier molecular flexibility index (Phi) is 6.26. The molecule has 3 nitrogen and oxygen atoms in total. The molecule has 0 unspecified atom stereocenters. The van der Waals surface area contributed by atoms with Crippen LogP contribution < -0.4 is 4.90 Å². The number of pyridine rings is 1. The highest BCUT2D eigenvalue weighted by Crippen LogP contribution is 2.38. The van der Waals surface area contributed by atoms with E-state index < -0.39 is 0 Å². The summed E-state index contributed by atoms with van der Waals surface area (Å²) in [5.41, 5.74) is 6.10. The fourth-order valence-electron chi connectivity index (χ4n) is 4.56. The Bertz CT molecular complexity index is 1240. The quantitative estimate of drug-likeness (QED) is 0.341. The van der Waals surface area contributed by atoms with Gasteiger partial charge in [-0.2, -0.15) is 0 Å². The second-order valence-electron chi connectivity index (χ2n) is 7.81. The number of hydrogen-bond donors (Lipinski definition) is 0. The molecule has 0 amide bonds. The van der Waals surface area contributed by atoms with E-state index in [0.717, 1.165) is 36.4 Å². The van der Waals surface area contributed by atoms with Crippen molar-refractivity contribution in [3.8, 4) is 0 Å². The maximum absolute atomic E-state index is 13.8. The topological polar surface area (TPSA) is 21.1 Å². The molecule has 0 N–H and O–H groups in total. The zero-order chi connectivity index (χ0) is 20.7. The lowest BCUT2D eigenvalue weighted by Gasteiger charge is -2.30. The third-order valence-corrected chi connectivity index (χ3v) is 6.94. The summed E-state index contributed by atoms with van der Waals surface area (Å²) in [5.74, 6) is 0.819. The van der Waals surface area contributed by atoms with Crippen molar-refractivity contribution in [2.45, 2.75) is 31.3 Å². The average Bonchev–Trinajstić information content (AvgIpc) is 3.04. The molecule has 6 heteroatoms. The molecule has 5 rings (SSSR count). The van der Waals surface area contributed by atoms with Gasteiger partial charge in [-0.3, -0.25) is 0 Å². The highest BCUT2D eigenvalue weighted by molar-refractivity contribution is 7.98. The van der Waals surface area contributed by atoms with E-state index in [2.05, 4.69) is 53.0 Å². The number of fused-ring (bicyclic) bond motifs is 2. The van der Waals surface area contributed by atoms with Crippen molar-refractivity contribution < 1.29 is 4.39 Å². The second-order valence-corrected chi connectivity index (χ2v) is 8.62. The first kappa shape index (κ1) is 21.7. The standard InChI is InChI=1S/C25H24FN3S.ClH/c1-17-24(30-2)22-10-12-27-25(28-13-11-19-7-3-4-8-20(19)16-28)23(22)29(17)15-18-6-5-9-21(26)14-18;/h3-10,12,14H,11,13,15-16H2,1-2H3;1H. The lowest BCUT2D eigenvalue weighted by atomic mass is 10.00. The van der Waals surface area contributed by atoms with Crippen LogP contribution in [0.5, 0.6) is 0 Å². The molecule has 4 aromatic rings. The van der Waals surface area contributed by atoms with E-state index in [-0.39, 0.29) is 18.2 Å². The van der Waals surface area contributed by atoms with Gasteiger partial charge >= 0.3 is 0 Å². The monoisotopic (exact) mass is 453 g/mol. The van der Waals surface area contributed by atoms with Gasteiger partial charge in [0.1, 0.15) is 5.82 Å². The molecule has 0 aliphatic carbocycles. The molecular weight excluding hydrogens is 429 g/mol. The number of anilines is 1. The molecule has 2 aromatic heterocycles. The first-order valence-electron chi connectivity index (χ1n) is 10.2. The van der Waals surface area contributed by atoms with Crippen LogP contribution in [0.3, 0.4) is 0 Å². The van der Waals surface area contributed by atoms with Crippen LogP contribution >= 0.6 is 24.2 Å². The van der Waals surface area contributed by atoms with Crippen LogP contribution in [0.1, 0.15) is 22.4 Å². The summed E-state index contributed by atoms with van der Waals surface area (Å²) in [7, 11) is 0. The summed E-state index contributed by atoms with van der Waals surface area (Å²) in [5, 5.41) is 1.22. The van der Waals surface area contributed by atoms with Gasteiger partial charge in [-0.15, -0.1) is 24.2 Å². The van der Waals surface area contributed by atoms with Crippen molar-refractivity contribution in [2.24, 2.45) is 0 Å². The van der Waals surface area contributed by atoms with E-state index in [1.807, 2.05) is 12.3 Å². The van der Waals surface area contributed by atoms with Gasteiger partial charge in [-0.25, -0.2) is 9.37 Å². The predicted octanol–water partition coefficient (Wildman–Crippen LogP) is 6.24. The minimum Gasteiger partial charge on any atom is -0.350 e. The fourth-order valence-corrected chi connectivity index (χ4v) is 5.35. The molecule has 2 aromatic carbocycles. The minimum absolute atomic E-state index is 0. The van der Waals surface area contributed by atoms with Gasteiger partial charge < -0.3 is 9.47 Å². The number of rotatable bonds is 4. The van der Waals surface area contributed by atoms with Crippen LogP contribution in [0.25, 0.3) is 10.9 Å². The number of nitrogens with zero attached hydrogens (tertiary/aromatic N) is 3. The molecule has 31 heavy (non-hydrogen) atoms. The zero-order valence-corrected chi connectivity index (χ0v) is 19.3. The van der Waals surface area contributed by atoms with E-state index in [0.29, 0.717) is 6.54 Å². The van der Waals surface area contributed by atoms with Crippen LogP contribution in [0.2, 0.25) is 0 Å². The molecule has 3 heterocycles. The van der Waals surface area contributed by atoms with Crippen molar-refractivity contribution in [3.05, 3.63) is 89.0 Å². The Labute approximate surface area is 192 Å². The molecule has 0 radical (unpaired) electrons. The Hall–Kier alpha value is -2.50. The second kappa shape index (κ2) is 8.93. The highest BCUT2D eigenvalue weighted by Gasteiger charge is 2.23. The lowest BCUT2D eigenvalue weighted by Crippen LogP contribution is -2.31. The van der Waals surface area contributed by atoms with Crippen molar-refractivity contribution in [1.82, 2.24) is 9.55 Å². The number of benzene rings is 2. The van der Waals surface area contributed by atoms with Crippen molar-refractivity contribution in [2.75, 3.05) is 17.7 Å². The van der Waals surface area contributed by atoms with Crippen LogP contribution in [0, 0.1) is 12.7 Å². The van der Waals surface area contributed by atoms with Crippen LogP contribution in [-0.2, 0) is 19.5 Å². The molecule has 0 fully saturated rings. The Morgan fingerprint density at radius 2 is 1.87 bits per heavy atom. The largest absolute Gasteiger partial charge is 0.350 e. The smallest absolute Gasteiger partial charge is 0.153 e. The maximum atomic E-state index is 13.8. The normalized spacial score (nSPS) is 13.2. The van der Waals surface area contributed by atoms with E-state index in [1.165, 1.54) is 33.2 Å². The van der Waals surface area contributed by atoms with Gasteiger partial charge in [0.05, 0.1) is 5.52 Å². The first-order valence-corrected chi connectivity index (χ1v) is 11.5. The zero-order valence-electron chi connectivity index (χ0n) is 17.6. The van der Waals surface area contributed by atoms with Crippen molar-refractivity contribution in [1.29, 1.82) is 0 Å². The third kappa shape index (κ3) is 3.92. The molecule has 0 saturated heterocycles. The summed E-state index contributed by atoms with van der Waals surface area (Å²) >= 11 is 1.76. The van der Waals surface area contributed by atoms with E-state index in [4.69, 9.17) is 4.98 Å². The summed E-state index contributed by atoms with van der Waals surface area (Å²) < 4.78 is 16.1. The lowest BCUT2D eigenvalue weighted by molar-refractivity contribution is 0.623. The molecular formula is C25H25ClFN3S.